The molecule has 1 amide bonds. The Kier molecular flexibility index (Phi) is 5.84. The van der Waals surface area contributed by atoms with Gasteiger partial charge in [0.15, 0.2) is 6.61 Å². The van der Waals surface area contributed by atoms with Gasteiger partial charge in [0.1, 0.15) is 5.75 Å². The summed E-state index contributed by atoms with van der Waals surface area (Å²) in [5, 5.41) is 2.85. The van der Waals surface area contributed by atoms with Crippen LogP contribution in [0, 0.1) is 5.92 Å². The number of hydrogen-bond donors (Lipinski definition) is 1. The number of carbonyl (C=O) groups is 1. The van der Waals surface area contributed by atoms with Crippen LogP contribution < -0.4 is 10.1 Å². The summed E-state index contributed by atoms with van der Waals surface area (Å²) in [7, 11) is 0. The van der Waals surface area contributed by atoms with Gasteiger partial charge in [-0.2, -0.15) is 0 Å². The molecule has 17 heavy (non-hydrogen) atoms. The first-order valence-electron chi connectivity index (χ1n) is 5.66. The fraction of sp³-hybridized carbons (Fsp3) is 0.462. The average molecular weight is 256 g/mol. The van der Waals surface area contributed by atoms with Crippen molar-refractivity contribution < 1.29 is 9.53 Å². The van der Waals surface area contributed by atoms with Crippen LogP contribution in [0.3, 0.4) is 0 Å². The van der Waals surface area contributed by atoms with Crippen LogP contribution in [0.2, 0.25) is 0 Å². The second-order valence-corrected chi connectivity index (χ2v) is 4.40. The van der Waals surface area contributed by atoms with Crippen molar-refractivity contribution in [2.75, 3.05) is 12.5 Å². The van der Waals surface area contributed by atoms with E-state index in [-0.39, 0.29) is 24.5 Å². The minimum atomic E-state index is -0.127. The molecule has 3 nitrogen and oxygen atoms in total. The number of alkyl halides is 1. The molecule has 0 spiro atoms. The first kappa shape index (κ1) is 13.8. The SMILES string of the molecule is CC(CCl)C(C)NC(=O)COc1ccccc1. The summed E-state index contributed by atoms with van der Waals surface area (Å²) in [6.07, 6.45) is 0. The van der Waals surface area contributed by atoms with Crippen LogP contribution in [0.25, 0.3) is 0 Å². The van der Waals surface area contributed by atoms with E-state index in [1.807, 2.05) is 44.2 Å². The monoisotopic (exact) mass is 255 g/mol. The lowest BCUT2D eigenvalue weighted by molar-refractivity contribution is -0.123. The van der Waals surface area contributed by atoms with Crippen molar-refractivity contribution in [3.63, 3.8) is 0 Å². The van der Waals surface area contributed by atoms with Crippen LogP contribution in [0.5, 0.6) is 5.75 Å². The van der Waals surface area contributed by atoms with Crippen molar-refractivity contribution in [3.05, 3.63) is 30.3 Å². The number of rotatable bonds is 6. The summed E-state index contributed by atoms with van der Waals surface area (Å²) >= 11 is 5.72. The zero-order valence-corrected chi connectivity index (χ0v) is 10.9. The lowest BCUT2D eigenvalue weighted by Crippen LogP contribution is -2.40. The molecule has 1 aromatic rings. The van der Waals surface area contributed by atoms with Gasteiger partial charge in [-0.1, -0.05) is 25.1 Å². The third-order valence-electron chi connectivity index (χ3n) is 2.60. The molecule has 0 saturated heterocycles. The van der Waals surface area contributed by atoms with E-state index in [1.165, 1.54) is 0 Å². The highest BCUT2D eigenvalue weighted by atomic mass is 35.5. The molecule has 1 N–H and O–H groups in total. The van der Waals surface area contributed by atoms with Crippen molar-refractivity contribution >= 4 is 17.5 Å². The largest absolute Gasteiger partial charge is 0.484 e. The summed E-state index contributed by atoms with van der Waals surface area (Å²) in [6.45, 7) is 3.97. The number of hydrogen-bond acceptors (Lipinski definition) is 2. The molecule has 0 heterocycles. The minimum Gasteiger partial charge on any atom is -0.484 e. The standard InChI is InChI=1S/C13H18ClNO2/c1-10(8-14)11(2)15-13(16)9-17-12-6-4-3-5-7-12/h3-7,10-11H,8-9H2,1-2H3,(H,15,16). The van der Waals surface area contributed by atoms with Crippen molar-refractivity contribution in [1.82, 2.24) is 5.32 Å². The normalized spacial score (nSPS) is 13.8. The molecule has 0 fully saturated rings. The first-order chi connectivity index (χ1) is 8.13. The van der Waals surface area contributed by atoms with E-state index in [9.17, 15) is 4.79 Å². The predicted octanol–water partition coefficient (Wildman–Crippen LogP) is 2.45. The molecule has 1 rings (SSSR count). The lowest BCUT2D eigenvalue weighted by Gasteiger charge is -2.19. The van der Waals surface area contributed by atoms with Crippen molar-refractivity contribution in [2.45, 2.75) is 19.9 Å². The Morgan fingerprint density at radius 3 is 2.59 bits per heavy atom. The number of halogens is 1. The van der Waals surface area contributed by atoms with Crippen molar-refractivity contribution in [3.8, 4) is 5.75 Å². The van der Waals surface area contributed by atoms with Gasteiger partial charge in [0, 0.05) is 11.9 Å². The van der Waals surface area contributed by atoms with Gasteiger partial charge in [-0.3, -0.25) is 4.79 Å². The molecular weight excluding hydrogens is 238 g/mol. The van der Waals surface area contributed by atoms with Gasteiger partial charge in [0.05, 0.1) is 0 Å². The first-order valence-corrected chi connectivity index (χ1v) is 6.20. The number of amides is 1. The van der Waals surface area contributed by atoms with E-state index in [0.717, 1.165) is 0 Å². The molecular formula is C13H18ClNO2. The van der Waals surface area contributed by atoms with E-state index < -0.39 is 0 Å². The van der Waals surface area contributed by atoms with Gasteiger partial charge in [-0.15, -0.1) is 11.6 Å². The molecule has 2 unspecified atom stereocenters. The van der Waals surface area contributed by atoms with Crippen LogP contribution in [0.1, 0.15) is 13.8 Å². The maximum atomic E-state index is 11.6. The number of nitrogens with one attached hydrogen (secondary N) is 1. The highest BCUT2D eigenvalue weighted by Crippen LogP contribution is 2.08. The number of para-hydroxylation sites is 1. The summed E-state index contributed by atoms with van der Waals surface area (Å²) in [5.41, 5.74) is 0. The molecule has 0 aromatic heterocycles. The van der Waals surface area contributed by atoms with Gasteiger partial charge < -0.3 is 10.1 Å². The van der Waals surface area contributed by atoms with Crippen LogP contribution in [-0.4, -0.2) is 24.4 Å². The van der Waals surface area contributed by atoms with Gasteiger partial charge in [0.2, 0.25) is 0 Å². The van der Waals surface area contributed by atoms with Crippen LogP contribution in [0.15, 0.2) is 30.3 Å². The number of benzene rings is 1. The Bertz CT molecular complexity index is 343. The van der Waals surface area contributed by atoms with Gasteiger partial charge in [0.25, 0.3) is 5.91 Å². The van der Waals surface area contributed by atoms with Gasteiger partial charge in [-0.25, -0.2) is 0 Å². The van der Waals surface area contributed by atoms with E-state index in [4.69, 9.17) is 16.3 Å². The van der Waals surface area contributed by atoms with Gasteiger partial charge in [-0.05, 0) is 25.0 Å². The molecule has 1 aromatic carbocycles. The fourth-order valence-corrected chi connectivity index (χ4v) is 1.50. The summed E-state index contributed by atoms with van der Waals surface area (Å²) in [4.78, 5) is 11.6. The second kappa shape index (κ2) is 7.17. The Morgan fingerprint density at radius 1 is 1.35 bits per heavy atom. The second-order valence-electron chi connectivity index (χ2n) is 4.09. The maximum Gasteiger partial charge on any atom is 0.258 e. The highest BCUT2D eigenvalue weighted by molar-refractivity contribution is 6.18. The molecule has 0 bridgehead atoms. The Balaban J connectivity index is 2.31. The summed E-state index contributed by atoms with van der Waals surface area (Å²) in [6, 6.07) is 9.32. The number of carbonyl (C=O) groups excluding carboxylic acids is 1. The molecule has 0 radical (unpaired) electrons. The molecule has 94 valence electrons. The van der Waals surface area contributed by atoms with Crippen LogP contribution >= 0.6 is 11.6 Å². The third-order valence-corrected chi connectivity index (χ3v) is 3.09. The fourth-order valence-electron chi connectivity index (χ4n) is 1.24. The van der Waals surface area contributed by atoms with Gasteiger partial charge >= 0.3 is 0 Å². The van der Waals surface area contributed by atoms with Crippen molar-refractivity contribution in [2.24, 2.45) is 5.92 Å². The Labute approximate surface area is 107 Å². The zero-order valence-electron chi connectivity index (χ0n) is 10.2. The quantitative estimate of drug-likeness (QED) is 0.793. The topological polar surface area (TPSA) is 38.3 Å². The molecule has 2 atom stereocenters. The molecule has 0 aliphatic heterocycles. The third kappa shape index (κ3) is 5.09. The minimum absolute atomic E-state index is 0.0311. The Hall–Kier alpha value is -1.22. The lowest BCUT2D eigenvalue weighted by atomic mass is 10.1. The van der Waals surface area contributed by atoms with E-state index in [1.54, 1.807) is 0 Å². The Morgan fingerprint density at radius 2 is 2.00 bits per heavy atom. The smallest absolute Gasteiger partial charge is 0.258 e. The zero-order chi connectivity index (χ0) is 12.7. The molecule has 0 aliphatic rings. The van der Waals surface area contributed by atoms with Crippen LogP contribution in [-0.2, 0) is 4.79 Å². The molecule has 0 aliphatic carbocycles. The van der Waals surface area contributed by atoms with E-state index in [0.29, 0.717) is 11.6 Å². The summed E-state index contributed by atoms with van der Waals surface area (Å²) in [5.74, 6) is 1.34. The highest BCUT2D eigenvalue weighted by Gasteiger charge is 2.13. The maximum absolute atomic E-state index is 11.6. The summed E-state index contributed by atoms with van der Waals surface area (Å²) < 4.78 is 5.34. The van der Waals surface area contributed by atoms with Crippen LogP contribution in [0.4, 0.5) is 0 Å². The average Bonchev–Trinajstić information content (AvgIpc) is 2.36. The molecule has 4 heteroatoms. The molecule has 0 saturated carbocycles. The van der Waals surface area contributed by atoms with E-state index >= 15 is 0 Å². The predicted molar refractivity (Wildman–Crippen MR) is 69.4 cm³/mol. The van der Waals surface area contributed by atoms with Crippen molar-refractivity contribution in [1.29, 1.82) is 0 Å². The number of ether oxygens (including phenoxy) is 1. The van der Waals surface area contributed by atoms with E-state index in [2.05, 4.69) is 5.32 Å².